The molecule has 0 aliphatic heterocycles. The minimum absolute atomic E-state index is 0.677. The van der Waals surface area contributed by atoms with Gasteiger partial charge in [0.15, 0.2) is 0 Å². The number of unbranched alkanes of at least 4 members (excludes halogenated alkanes) is 5. The Morgan fingerprint density at radius 3 is 1.11 bits per heavy atom. The molecule has 112 valence electrons. The van der Waals surface area contributed by atoms with E-state index in [0.717, 1.165) is 0 Å². The molecule has 0 spiro atoms. The van der Waals surface area contributed by atoms with Gasteiger partial charge in [-0.3, -0.25) is 0 Å². The van der Waals surface area contributed by atoms with E-state index in [-0.39, 0.29) is 0 Å². The van der Waals surface area contributed by atoms with Crippen molar-refractivity contribution in [3.8, 4) is 0 Å². The molecular formula is C14H34O3Si. The summed E-state index contributed by atoms with van der Waals surface area (Å²) >= 11 is 0. The van der Waals surface area contributed by atoms with E-state index in [1.165, 1.54) is 38.5 Å². The van der Waals surface area contributed by atoms with Crippen LogP contribution in [-0.4, -0.2) is 29.3 Å². The van der Waals surface area contributed by atoms with E-state index in [9.17, 15) is 0 Å². The first kappa shape index (κ1) is 20.4. The maximum Gasteiger partial charge on any atom is 0.484 e. The van der Waals surface area contributed by atoms with Crippen LogP contribution in [0.2, 0.25) is 0 Å². The molecule has 0 aliphatic rings. The largest absolute Gasteiger partial charge is 0.484 e. The highest BCUT2D eigenvalue weighted by Crippen LogP contribution is 2.03. The predicted molar refractivity (Wildman–Crippen MR) is 81.1 cm³/mol. The Kier molecular flexibility index (Phi) is 22.0. The van der Waals surface area contributed by atoms with E-state index in [2.05, 4.69) is 13.8 Å². The maximum atomic E-state index is 5.22. The number of rotatable bonds is 11. The lowest BCUT2D eigenvalue weighted by Crippen LogP contribution is -2.27. The molecule has 0 saturated heterocycles. The molecular weight excluding hydrogens is 244 g/mol. The second-order valence-electron chi connectivity index (χ2n) is 4.07. The summed E-state index contributed by atoms with van der Waals surface area (Å²) in [7, 11) is -1.73. The smallest absolute Gasteiger partial charge is 0.376 e. The lowest BCUT2D eigenvalue weighted by Gasteiger charge is -2.12. The zero-order valence-electron chi connectivity index (χ0n) is 13.2. The van der Waals surface area contributed by atoms with Crippen LogP contribution in [0.3, 0.4) is 0 Å². The van der Waals surface area contributed by atoms with Gasteiger partial charge in [0.1, 0.15) is 0 Å². The highest BCUT2D eigenvalue weighted by atomic mass is 28.3. The molecule has 0 bridgehead atoms. The molecule has 0 N–H and O–H groups in total. The van der Waals surface area contributed by atoms with Crippen LogP contribution < -0.4 is 0 Å². The molecule has 0 heterocycles. The van der Waals surface area contributed by atoms with Crippen molar-refractivity contribution in [2.45, 2.75) is 73.1 Å². The first-order valence-corrected chi connectivity index (χ1v) is 9.02. The van der Waals surface area contributed by atoms with Crippen molar-refractivity contribution in [2.24, 2.45) is 0 Å². The molecule has 4 heteroatoms. The van der Waals surface area contributed by atoms with Crippen LogP contribution in [0.15, 0.2) is 0 Å². The van der Waals surface area contributed by atoms with E-state index >= 15 is 0 Å². The Labute approximate surface area is 116 Å². The standard InChI is InChI=1S/C8H18.C6H16O3Si/c1-3-5-7-8-6-4-2;1-4-7-10(8-5-2)9-6-3/h3-8H2,1-2H3;10H,4-6H2,1-3H3. The van der Waals surface area contributed by atoms with Crippen LogP contribution >= 0.6 is 0 Å². The van der Waals surface area contributed by atoms with Crippen molar-refractivity contribution in [2.75, 3.05) is 19.8 Å². The summed E-state index contributed by atoms with van der Waals surface area (Å²) in [5.41, 5.74) is 0. The average molecular weight is 279 g/mol. The van der Waals surface area contributed by atoms with Crippen molar-refractivity contribution in [1.82, 2.24) is 0 Å². The minimum atomic E-state index is -1.73. The van der Waals surface area contributed by atoms with Crippen LogP contribution in [0.1, 0.15) is 73.1 Å². The lowest BCUT2D eigenvalue weighted by atomic mass is 10.1. The zero-order valence-corrected chi connectivity index (χ0v) is 14.3. The van der Waals surface area contributed by atoms with Crippen molar-refractivity contribution < 1.29 is 13.3 Å². The SMILES string of the molecule is CCCCCCCC.CCO[SiH](OCC)OCC. The van der Waals surface area contributed by atoms with E-state index < -0.39 is 9.53 Å². The summed E-state index contributed by atoms with van der Waals surface area (Å²) in [6.45, 7) is 12.4. The summed E-state index contributed by atoms with van der Waals surface area (Å²) in [4.78, 5) is 0. The van der Waals surface area contributed by atoms with Crippen LogP contribution in [-0.2, 0) is 13.3 Å². The third kappa shape index (κ3) is 18.5. The van der Waals surface area contributed by atoms with Gasteiger partial charge < -0.3 is 13.3 Å². The molecule has 0 fully saturated rings. The summed E-state index contributed by atoms with van der Waals surface area (Å²) in [6, 6.07) is 0. The Morgan fingerprint density at radius 1 is 0.556 bits per heavy atom. The third-order valence-corrected chi connectivity index (χ3v) is 4.18. The van der Waals surface area contributed by atoms with Gasteiger partial charge in [-0.15, -0.1) is 0 Å². The van der Waals surface area contributed by atoms with Crippen LogP contribution in [0, 0.1) is 0 Å². The summed E-state index contributed by atoms with van der Waals surface area (Å²) in [6.07, 6.45) is 8.49. The Hall–Kier alpha value is 0.0969. The fourth-order valence-electron chi connectivity index (χ4n) is 1.41. The first-order chi connectivity index (χ1) is 8.76. The van der Waals surface area contributed by atoms with E-state index in [0.29, 0.717) is 19.8 Å². The van der Waals surface area contributed by atoms with Gasteiger partial charge in [-0.2, -0.15) is 0 Å². The van der Waals surface area contributed by atoms with E-state index in [1.54, 1.807) is 0 Å². The van der Waals surface area contributed by atoms with Gasteiger partial charge in [0.2, 0.25) is 0 Å². The molecule has 0 aromatic carbocycles. The topological polar surface area (TPSA) is 27.7 Å². The molecule has 0 aromatic heterocycles. The van der Waals surface area contributed by atoms with Gasteiger partial charge in [0.25, 0.3) is 0 Å². The Bertz CT molecular complexity index is 114. The second-order valence-corrected chi connectivity index (χ2v) is 5.65. The highest BCUT2D eigenvalue weighted by Gasteiger charge is 2.11. The number of hydrogen-bond acceptors (Lipinski definition) is 3. The summed E-state index contributed by atoms with van der Waals surface area (Å²) in [5, 5.41) is 0. The van der Waals surface area contributed by atoms with Gasteiger partial charge in [-0.1, -0.05) is 52.4 Å². The molecule has 0 atom stereocenters. The fraction of sp³-hybridized carbons (Fsp3) is 1.00. The van der Waals surface area contributed by atoms with Crippen LogP contribution in [0.5, 0.6) is 0 Å². The molecule has 0 aliphatic carbocycles. The van der Waals surface area contributed by atoms with Crippen molar-refractivity contribution in [3.05, 3.63) is 0 Å². The molecule has 18 heavy (non-hydrogen) atoms. The molecule has 3 nitrogen and oxygen atoms in total. The normalized spacial score (nSPS) is 10.3. The molecule has 0 unspecified atom stereocenters. The molecule has 0 rings (SSSR count). The highest BCUT2D eigenvalue weighted by molar-refractivity contribution is 6.36. The van der Waals surface area contributed by atoms with Gasteiger partial charge in [-0.05, 0) is 20.8 Å². The zero-order chi connectivity index (χ0) is 14.1. The first-order valence-electron chi connectivity index (χ1n) is 7.61. The molecule has 0 saturated carbocycles. The van der Waals surface area contributed by atoms with Gasteiger partial charge in [0.05, 0.1) is 0 Å². The van der Waals surface area contributed by atoms with Gasteiger partial charge in [-0.25, -0.2) is 0 Å². The predicted octanol–water partition coefficient (Wildman–Crippen LogP) is 4.18. The molecule has 0 radical (unpaired) electrons. The lowest BCUT2D eigenvalue weighted by molar-refractivity contribution is 0.107. The summed E-state index contributed by atoms with van der Waals surface area (Å²) < 4.78 is 15.7. The fourth-order valence-corrected chi connectivity index (χ4v) is 2.51. The third-order valence-electron chi connectivity index (χ3n) is 2.37. The molecule has 0 aromatic rings. The maximum absolute atomic E-state index is 5.22. The Balaban J connectivity index is 0. The van der Waals surface area contributed by atoms with Crippen molar-refractivity contribution in [3.63, 3.8) is 0 Å². The van der Waals surface area contributed by atoms with Gasteiger partial charge >= 0.3 is 9.53 Å². The number of hydrogen-bond donors (Lipinski definition) is 0. The van der Waals surface area contributed by atoms with E-state index in [1.807, 2.05) is 20.8 Å². The van der Waals surface area contributed by atoms with Crippen LogP contribution in [0.4, 0.5) is 0 Å². The summed E-state index contributed by atoms with van der Waals surface area (Å²) in [5.74, 6) is 0. The minimum Gasteiger partial charge on any atom is -0.376 e. The van der Waals surface area contributed by atoms with Crippen molar-refractivity contribution in [1.29, 1.82) is 0 Å². The van der Waals surface area contributed by atoms with Crippen LogP contribution in [0.25, 0.3) is 0 Å². The van der Waals surface area contributed by atoms with Gasteiger partial charge in [0, 0.05) is 19.8 Å². The second kappa shape index (κ2) is 19.4. The Morgan fingerprint density at radius 2 is 0.889 bits per heavy atom. The quantitative estimate of drug-likeness (QED) is 0.419. The van der Waals surface area contributed by atoms with Crippen molar-refractivity contribution >= 4 is 9.53 Å². The molecule has 0 amide bonds. The average Bonchev–Trinajstić information content (AvgIpc) is 2.37. The van der Waals surface area contributed by atoms with E-state index in [4.69, 9.17) is 13.3 Å². The monoisotopic (exact) mass is 278 g/mol.